The molecule has 0 radical (unpaired) electrons. The minimum Gasteiger partial charge on any atom is -0.328 e. The number of rotatable bonds is 3. The summed E-state index contributed by atoms with van der Waals surface area (Å²) in [6.45, 7) is 1.76. The third kappa shape index (κ3) is 2.36. The molecular formula is C8H8F3O2P. The molecule has 0 aliphatic heterocycles. The lowest BCUT2D eigenvalue weighted by molar-refractivity contribution is 0.356. The molecule has 0 N–H and O–H groups in total. The average molecular weight is 224 g/mol. The first-order valence-corrected chi connectivity index (χ1v) is 5.19. The van der Waals surface area contributed by atoms with Crippen LogP contribution in [0.4, 0.5) is 13.2 Å². The lowest BCUT2D eigenvalue weighted by Gasteiger charge is -2.03. The highest BCUT2D eigenvalue weighted by Crippen LogP contribution is 2.23. The van der Waals surface area contributed by atoms with E-state index in [9.17, 15) is 17.7 Å². The monoisotopic (exact) mass is 224 g/mol. The molecule has 0 saturated heterocycles. The number of halogens is 3. The predicted molar refractivity (Wildman–Crippen MR) is 46.6 cm³/mol. The van der Waals surface area contributed by atoms with Crippen molar-refractivity contribution in [3.63, 3.8) is 0 Å². The van der Waals surface area contributed by atoms with Crippen LogP contribution in [0.15, 0.2) is 12.1 Å². The molecule has 0 spiro atoms. The van der Waals surface area contributed by atoms with Crippen LogP contribution in [0.2, 0.25) is 0 Å². The molecule has 6 heteroatoms. The van der Waals surface area contributed by atoms with Crippen LogP contribution in [0.3, 0.4) is 0 Å². The molecule has 2 nitrogen and oxygen atoms in total. The first-order chi connectivity index (χ1) is 6.56. The summed E-state index contributed by atoms with van der Waals surface area (Å²) in [4.78, 5) is 0. The minimum absolute atomic E-state index is 0.159. The molecule has 1 atom stereocenters. The molecule has 0 aliphatic carbocycles. The number of hydrogen-bond acceptors (Lipinski definition) is 2. The molecule has 0 fully saturated rings. The molecule has 0 aliphatic rings. The molecule has 1 aromatic rings. The zero-order valence-electron chi connectivity index (χ0n) is 7.31. The summed E-state index contributed by atoms with van der Waals surface area (Å²) in [5.74, 6) is -4.30. The van der Waals surface area contributed by atoms with Gasteiger partial charge in [0.25, 0.3) is 0 Å². The third-order valence-electron chi connectivity index (χ3n) is 1.49. The van der Waals surface area contributed by atoms with Gasteiger partial charge in [-0.3, -0.25) is 4.57 Å². The molecule has 14 heavy (non-hydrogen) atoms. The summed E-state index contributed by atoms with van der Waals surface area (Å²) in [6, 6.07) is 1.35. The largest absolute Gasteiger partial charge is 0.328 e. The van der Waals surface area contributed by atoms with Crippen molar-refractivity contribution in [1.82, 2.24) is 0 Å². The van der Waals surface area contributed by atoms with Gasteiger partial charge in [0.2, 0.25) is 8.03 Å². The van der Waals surface area contributed by atoms with E-state index in [1.807, 2.05) is 0 Å². The lowest BCUT2D eigenvalue weighted by atomic mass is 10.3. The first-order valence-electron chi connectivity index (χ1n) is 3.88. The molecule has 0 amide bonds. The predicted octanol–water partition coefficient (Wildman–Crippen LogP) is 2.24. The summed E-state index contributed by atoms with van der Waals surface area (Å²) >= 11 is 0. The van der Waals surface area contributed by atoms with Gasteiger partial charge >= 0.3 is 0 Å². The Morgan fingerprint density at radius 3 is 2.21 bits per heavy atom. The van der Waals surface area contributed by atoms with Crippen molar-refractivity contribution in [3.05, 3.63) is 29.6 Å². The van der Waals surface area contributed by atoms with E-state index in [2.05, 4.69) is 4.52 Å². The molecule has 0 heterocycles. The zero-order chi connectivity index (χ0) is 10.7. The Morgan fingerprint density at radius 1 is 1.29 bits per heavy atom. The Hall–Kier alpha value is -0.800. The highest BCUT2D eigenvalue weighted by molar-refractivity contribution is 7.48. The number of benzene rings is 1. The smallest absolute Gasteiger partial charge is 0.220 e. The van der Waals surface area contributed by atoms with Crippen molar-refractivity contribution < 1.29 is 22.3 Å². The van der Waals surface area contributed by atoms with Crippen molar-refractivity contribution in [1.29, 1.82) is 0 Å². The van der Waals surface area contributed by atoms with Crippen molar-refractivity contribution in [3.8, 4) is 0 Å². The fourth-order valence-corrected chi connectivity index (χ4v) is 1.81. The molecular weight excluding hydrogens is 216 g/mol. The van der Waals surface area contributed by atoms with Gasteiger partial charge in [-0.05, 0) is 19.1 Å². The van der Waals surface area contributed by atoms with Crippen LogP contribution in [0.1, 0.15) is 6.92 Å². The molecule has 1 rings (SSSR count). The van der Waals surface area contributed by atoms with Gasteiger partial charge in [0, 0.05) is 5.30 Å². The molecule has 0 aromatic heterocycles. The highest BCUT2D eigenvalue weighted by atomic mass is 31.1. The van der Waals surface area contributed by atoms with Gasteiger partial charge < -0.3 is 4.52 Å². The summed E-state index contributed by atoms with van der Waals surface area (Å²) in [5.41, 5.74) is 0. The molecule has 1 aromatic carbocycles. The van der Waals surface area contributed by atoms with Crippen LogP contribution in [-0.2, 0) is 9.09 Å². The maximum absolute atomic E-state index is 12.6. The maximum atomic E-state index is 12.6. The maximum Gasteiger partial charge on any atom is 0.220 e. The Bertz CT molecular complexity index is 345. The van der Waals surface area contributed by atoms with Crippen molar-refractivity contribution in [2.75, 3.05) is 6.61 Å². The second-order valence-electron chi connectivity index (χ2n) is 2.47. The Kier molecular flexibility index (Phi) is 3.72. The SMILES string of the molecule is CCO[PH](=O)c1cc(F)c(F)c(F)c1. The van der Waals surface area contributed by atoms with Crippen LogP contribution in [-0.4, -0.2) is 6.61 Å². The molecule has 0 bridgehead atoms. The average Bonchev–Trinajstić information content (AvgIpc) is 2.13. The van der Waals surface area contributed by atoms with E-state index >= 15 is 0 Å². The van der Waals surface area contributed by atoms with E-state index in [0.29, 0.717) is 12.1 Å². The second-order valence-corrected chi connectivity index (χ2v) is 3.92. The van der Waals surface area contributed by atoms with Gasteiger partial charge in [0.15, 0.2) is 17.5 Å². The van der Waals surface area contributed by atoms with Gasteiger partial charge in [-0.1, -0.05) is 0 Å². The molecule has 1 unspecified atom stereocenters. The molecule has 78 valence electrons. The normalized spacial score (nSPS) is 12.9. The highest BCUT2D eigenvalue weighted by Gasteiger charge is 2.13. The fourth-order valence-electron chi connectivity index (χ4n) is 0.888. The van der Waals surface area contributed by atoms with Gasteiger partial charge in [-0.25, -0.2) is 13.2 Å². The fraction of sp³-hybridized carbons (Fsp3) is 0.250. The minimum atomic E-state index is -2.68. The van der Waals surface area contributed by atoms with Gasteiger partial charge in [0.1, 0.15) is 0 Å². The lowest BCUT2D eigenvalue weighted by Crippen LogP contribution is -2.04. The van der Waals surface area contributed by atoms with Crippen LogP contribution in [0.5, 0.6) is 0 Å². The molecule has 0 saturated carbocycles. The zero-order valence-corrected chi connectivity index (χ0v) is 8.31. The Balaban J connectivity index is 3.06. The summed E-state index contributed by atoms with van der Waals surface area (Å²) in [6.07, 6.45) is 0. The Labute approximate surface area is 79.6 Å². The van der Waals surface area contributed by atoms with Crippen molar-refractivity contribution >= 4 is 13.3 Å². The van der Waals surface area contributed by atoms with Gasteiger partial charge in [0.05, 0.1) is 6.61 Å². The van der Waals surface area contributed by atoms with Gasteiger partial charge in [-0.15, -0.1) is 0 Å². The van der Waals surface area contributed by atoms with Crippen LogP contribution in [0, 0.1) is 17.5 Å². The van der Waals surface area contributed by atoms with Crippen molar-refractivity contribution in [2.45, 2.75) is 6.92 Å². The van der Waals surface area contributed by atoms with Crippen molar-refractivity contribution in [2.24, 2.45) is 0 Å². The van der Waals surface area contributed by atoms with Crippen LogP contribution >= 0.6 is 8.03 Å². The van der Waals surface area contributed by atoms with E-state index in [4.69, 9.17) is 0 Å². The summed E-state index contributed by atoms with van der Waals surface area (Å²) in [7, 11) is -2.68. The summed E-state index contributed by atoms with van der Waals surface area (Å²) in [5, 5.41) is -0.159. The second kappa shape index (κ2) is 4.62. The van der Waals surface area contributed by atoms with E-state index in [-0.39, 0.29) is 11.9 Å². The van der Waals surface area contributed by atoms with E-state index < -0.39 is 25.5 Å². The van der Waals surface area contributed by atoms with E-state index in [1.54, 1.807) is 6.92 Å². The topological polar surface area (TPSA) is 26.3 Å². The summed E-state index contributed by atoms with van der Waals surface area (Å²) < 4.78 is 53.6. The standard InChI is InChI=1S/C8H8F3O2P/c1-2-13-14(12)5-3-6(9)8(11)7(10)4-5/h3-4,14H,2H2,1H3. The third-order valence-corrected chi connectivity index (χ3v) is 2.81. The van der Waals surface area contributed by atoms with E-state index in [0.717, 1.165) is 0 Å². The van der Waals surface area contributed by atoms with E-state index in [1.165, 1.54) is 0 Å². The Morgan fingerprint density at radius 2 is 1.79 bits per heavy atom. The number of hydrogen-bond donors (Lipinski definition) is 0. The van der Waals surface area contributed by atoms with Crippen LogP contribution < -0.4 is 5.30 Å². The first kappa shape index (κ1) is 11.3. The van der Waals surface area contributed by atoms with Gasteiger partial charge in [-0.2, -0.15) is 0 Å². The van der Waals surface area contributed by atoms with Crippen LogP contribution in [0.25, 0.3) is 0 Å². The quantitative estimate of drug-likeness (QED) is 0.581.